The van der Waals surface area contributed by atoms with Gasteiger partial charge in [-0.15, -0.1) is 0 Å². The van der Waals surface area contributed by atoms with Gasteiger partial charge >= 0.3 is 0 Å². The predicted molar refractivity (Wildman–Crippen MR) is 79.7 cm³/mol. The van der Waals surface area contributed by atoms with E-state index in [9.17, 15) is 5.11 Å². The van der Waals surface area contributed by atoms with Crippen LogP contribution in [0.15, 0.2) is 0 Å². The smallest absolute Gasteiger partial charge is 0.134 e. The van der Waals surface area contributed by atoms with E-state index in [1.54, 1.807) is 0 Å². The summed E-state index contributed by atoms with van der Waals surface area (Å²) < 4.78 is 0. The quantitative estimate of drug-likeness (QED) is 0.707. The van der Waals surface area contributed by atoms with E-state index in [0.29, 0.717) is 13.0 Å². The van der Waals surface area contributed by atoms with Gasteiger partial charge in [0.15, 0.2) is 0 Å². The van der Waals surface area contributed by atoms with Crippen LogP contribution >= 0.6 is 0 Å². The molecule has 3 N–H and O–H groups in total. The summed E-state index contributed by atoms with van der Waals surface area (Å²) in [6.45, 7) is 11.1. The SMILES string of the molecule is CCCNc1nc(C)nc(NCC(C)(O)CC)c1C. The van der Waals surface area contributed by atoms with Gasteiger partial charge in [-0.05, 0) is 33.6 Å². The summed E-state index contributed by atoms with van der Waals surface area (Å²) in [6.07, 6.45) is 1.75. The Morgan fingerprint density at radius 2 is 1.68 bits per heavy atom. The van der Waals surface area contributed by atoms with E-state index < -0.39 is 5.60 Å². The normalized spacial score (nSPS) is 14.0. The minimum absolute atomic E-state index is 0.480. The topological polar surface area (TPSA) is 70.1 Å². The summed E-state index contributed by atoms with van der Waals surface area (Å²) in [4.78, 5) is 8.82. The lowest BCUT2D eigenvalue weighted by molar-refractivity contribution is 0.0696. The number of aromatic nitrogens is 2. The van der Waals surface area contributed by atoms with Crippen LogP contribution in [0.25, 0.3) is 0 Å². The van der Waals surface area contributed by atoms with Crippen molar-refractivity contribution < 1.29 is 5.11 Å². The van der Waals surface area contributed by atoms with E-state index in [2.05, 4.69) is 27.5 Å². The Labute approximate surface area is 115 Å². The Hall–Kier alpha value is -1.36. The van der Waals surface area contributed by atoms with Gasteiger partial charge in [0.05, 0.1) is 5.60 Å². The van der Waals surface area contributed by atoms with Crippen LogP contribution in [-0.4, -0.2) is 33.8 Å². The lowest BCUT2D eigenvalue weighted by atomic mass is 10.0. The molecule has 0 radical (unpaired) electrons. The van der Waals surface area contributed by atoms with E-state index >= 15 is 0 Å². The molecule has 0 fully saturated rings. The first-order valence-corrected chi connectivity index (χ1v) is 6.95. The minimum atomic E-state index is -0.720. The van der Waals surface area contributed by atoms with Crippen LogP contribution in [0.2, 0.25) is 0 Å². The molecule has 1 rings (SSSR count). The van der Waals surface area contributed by atoms with Gasteiger partial charge in [-0.3, -0.25) is 0 Å². The van der Waals surface area contributed by atoms with E-state index in [1.165, 1.54) is 0 Å². The van der Waals surface area contributed by atoms with E-state index in [-0.39, 0.29) is 0 Å². The van der Waals surface area contributed by atoms with Crippen LogP contribution in [0.1, 0.15) is 45.0 Å². The van der Waals surface area contributed by atoms with Crippen LogP contribution in [-0.2, 0) is 0 Å². The summed E-state index contributed by atoms with van der Waals surface area (Å²) in [7, 11) is 0. The molecule has 0 amide bonds. The molecular weight excluding hydrogens is 240 g/mol. The highest BCUT2D eigenvalue weighted by atomic mass is 16.3. The highest BCUT2D eigenvalue weighted by molar-refractivity contribution is 5.57. The summed E-state index contributed by atoms with van der Waals surface area (Å²) in [5.41, 5.74) is 0.272. The second kappa shape index (κ2) is 6.70. The van der Waals surface area contributed by atoms with E-state index in [4.69, 9.17) is 0 Å². The molecule has 0 bridgehead atoms. The van der Waals surface area contributed by atoms with Crippen molar-refractivity contribution in [3.05, 3.63) is 11.4 Å². The number of anilines is 2. The van der Waals surface area contributed by atoms with Crippen LogP contribution < -0.4 is 10.6 Å². The Morgan fingerprint density at radius 1 is 1.11 bits per heavy atom. The van der Waals surface area contributed by atoms with Gasteiger partial charge in [-0.1, -0.05) is 13.8 Å². The molecule has 1 aromatic rings. The second-order valence-electron chi connectivity index (χ2n) is 5.22. The lowest BCUT2D eigenvalue weighted by Gasteiger charge is -2.23. The number of aliphatic hydroxyl groups is 1. The van der Waals surface area contributed by atoms with Crippen molar-refractivity contribution in [2.75, 3.05) is 23.7 Å². The van der Waals surface area contributed by atoms with Gasteiger partial charge in [0.1, 0.15) is 17.5 Å². The van der Waals surface area contributed by atoms with Crippen LogP contribution in [0.5, 0.6) is 0 Å². The highest BCUT2D eigenvalue weighted by Crippen LogP contribution is 2.21. The van der Waals surface area contributed by atoms with Gasteiger partial charge in [-0.25, -0.2) is 9.97 Å². The fraction of sp³-hybridized carbons (Fsp3) is 0.714. The van der Waals surface area contributed by atoms with E-state index in [1.807, 2.05) is 27.7 Å². The Morgan fingerprint density at radius 3 is 2.21 bits per heavy atom. The van der Waals surface area contributed by atoms with Crippen molar-refractivity contribution >= 4 is 11.6 Å². The molecule has 5 heteroatoms. The zero-order valence-corrected chi connectivity index (χ0v) is 12.7. The molecule has 0 aliphatic heterocycles. The maximum Gasteiger partial charge on any atom is 0.134 e. The van der Waals surface area contributed by atoms with Gasteiger partial charge in [-0.2, -0.15) is 0 Å². The molecule has 1 heterocycles. The van der Waals surface area contributed by atoms with Gasteiger partial charge in [0.25, 0.3) is 0 Å². The molecule has 0 spiro atoms. The van der Waals surface area contributed by atoms with Crippen molar-refractivity contribution in [1.29, 1.82) is 0 Å². The molecule has 0 aliphatic carbocycles. The van der Waals surface area contributed by atoms with Crippen molar-refractivity contribution in [2.45, 2.75) is 53.1 Å². The predicted octanol–water partition coefficient (Wildman–Crippen LogP) is 2.49. The fourth-order valence-electron chi connectivity index (χ4n) is 1.62. The average molecular weight is 266 g/mol. The first-order chi connectivity index (χ1) is 8.89. The minimum Gasteiger partial charge on any atom is -0.388 e. The first kappa shape index (κ1) is 15.7. The van der Waals surface area contributed by atoms with E-state index in [0.717, 1.165) is 36.0 Å². The molecule has 108 valence electrons. The fourth-order valence-corrected chi connectivity index (χ4v) is 1.62. The maximum absolute atomic E-state index is 10.0. The largest absolute Gasteiger partial charge is 0.388 e. The molecule has 1 unspecified atom stereocenters. The standard InChI is InChI=1S/C14H26N4O/c1-6-8-15-12-10(3)13(18-11(4)17-12)16-9-14(5,19)7-2/h19H,6-9H2,1-5H3,(H2,15,16,17,18). The lowest BCUT2D eigenvalue weighted by Crippen LogP contribution is -2.33. The second-order valence-corrected chi connectivity index (χ2v) is 5.22. The monoisotopic (exact) mass is 266 g/mol. The molecule has 5 nitrogen and oxygen atoms in total. The Kier molecular flexibility index (Phi) is 5.54. The van der Waals surface area contributed by atoms with Crippen LogP contribution in [0.3, 0.4) is 0 Å². The number of nitrogens with one attached hydrogen (secondary N) is 2. The zero-order chi connectivity index (χ0) is 14.5. The van der Waals surface area contributed by atoms with Crippen molar-refractivity contribution in [3.8, 4) is 0 Å². The number of rotatable bonds is 7. The maximum atomic E-state index is 10.0. The highest BCUT2D eigenvalue weighted by Gasteiger charge is 2.18. The molecule has 0 aromatic carbocycles. The third-order valence-corrected chi connectivity index (χ3v) is 3.20. The molecular formula is C14H26N4O. The average Bonchev–Trinajstić information content (AvgIpc) is 2.37. The van der Waals surface area contributed by atoms with Crippen molar-refractivity contribution in [3.63, 3.8) is 0 Å². The van der Waals surface area contributed by atoms with Gasteiger partial charge in [0.2, 0.25) is 0 Å². The molecule has 0 aliphatic rings. The summed E-state index contributed by atoms with van der Waals surface area (Å²) in [5, 5.41) is 16.6. The van der Waals surface area contributed by atoms with Crippen molar-refractivity contribution in [1.82, 2.24) is 9.97 Å². The van der Waals surface area contributed by atoms with Crippen molar-refractivity contribution in [2.24, 2.45) is 0 Å². The zero-order valence-electron chi connectivity index (χ0n) is 12.7. The molecule has 1 atom stereocenters. The third-order valence-electron chi connectivity index (χ3n) is 3.20. The van der Waals surface area contributed by atoms with Gasteiger partial charge < -0.3 is 15.7 Å². The van der Waals surface area contributed by atoms with Gasteiger partial charge in [0, 0.05) is 18.7 Å². The summed E-state index contributed by atoms with van der Waals surface area (Å²) >= 11 is 0. The molecule has 19 heavy (non-hydrogen) atoms. The number of aryl methyl sites for hydroxylation is 1. The Balaban J connectivity index is 2.85. The third kappa shape index (κ3) is 4.67. The first-order valence-electron chi connectivity index (χ1n) is 6.95. The molecule has 0 saturated heterocycles. The summed E-state index contributed by atoms with van der Waals surface area (Å²) in [5.74, 6) is 2.38. The molecule has 1 aromatic heterocycles. The summed E-state index contributed by atoms with van der Waals surface area (Å²) in [6, 6.07) is 0. The number of nitrogens with zero attached hydrogens (tertiary/aromatic N) is 2. The van der Waals surface area contributed by atoms with Crippen LogP contribution in [0.4, 0.5) is 11.6 Å². The van der Waals surface area contributed by atoms with Crippen LogP contribution in [0, 0.1) is 13.8 Å². The number of hydrogen-bond acceptors (Lipinski definition) is 5. The Bertz CT molecular complexity index is 418. The number of hydrogen-bond donors (Lipinski definition) is 3. The molecule has 0 saturated carbocycles.